The molecule has 158 valence electrons. The maximum Gasteiger partial charge on any atom is 0.194 e. The first-order chi connectivity index (χ1) is 14.1. The Kier molecular flexibility index (Phi) is 7.66. The molecule has 0 radical (unpaired) electrons. The van der Waals surface area contributed by atoms with Crippen LogP contribution in [0.1, 0.15) is 26.6 Å². The standard InChI is InChI=1S/C22H34N6O/c1-5-23-22(25-13-17(2)28-11-12-29-16-18(28)3)27(4)15-21-24-14-20(26-21)19-9-7-6-8-10-19/h6-10,14,17-18H,5,11-13,15-16H2,1-4H3,(H,23,25)(H,24,26). The summed E-state index contributed by atoms with van der Waals surface area (Å²) < 4.78 is 5.56. The molecule has 1 saturated heterocycles. The molecule has 2 atom stereocenters. The van der Waals surface area contributed by atoms with E-state index in [0.29, 0.717) is 18.6 Å². The summed E-state index contributed by atoms with van der Waals surface area (Å²) in [6.45, 7) is 11.4. The van der Waals surface area contributed by atoms with Crippen LogP contribution >= 0.6 is 0 Å². The van der Waals surface area contributed by atoms with Gasteiger partial charge in [0.1, 0.15) is 5.82 Å². The summed E-state index contributed by atoms with van der Waals surface area (Å²) in [6, 6.07) is 11.1. The third kappa shape index (κ3) is 5.81. The smallest absolute Gasteiger partial charge is 0.194 e. The zero-order valence-corrected chi connectivity index (χ0v) is 18.1. The van der Waals surface area contributed by atoms with E-state index in [1.54, 1.807) is 0 Å². The van der Waals surface area contributed by atoms with Gasteiger partial charge in [0, 0.05) is 32.2 Å². The zero-order chi connectivity index (χ0) is 20.6. The summed E-state index contributed by atoms with van der Waals surface area (Å²) in [4.78, 5) is 17.5. The van der Waals surface area contributed by atoms with E-state index >= 15 is 0 Å². The summed E-state index contributed by atoms with van der Waals surface area (Å²) in [5, 5.41) is 3.40. The molecule has 0 amide bonds. The van der Waals surface area contributed by atoms with Crippen molar-refractivity contribution in [1.29, 1.82) is 0 Å². The van der Waals surface area contributed by atoms with Gasteiger partial charge in [-0.3, -0.25) is 9.89 Å². The predicted octanol–water partition coefficient (Wildman–Crippen LogP) is 2.58. The molecular weight excluding hydrogens is 364 g/mol. The van der Waals surface area contributed by atoms with Gasteiger partial charge in [-0.15, -0.1) is 0 Å². The highest BCUT2D eigenvalue weighted by atomic mass is 16.5. The van der Waals surface area contributed by atoms with Gasteiger partial charge in [-0.05, 0) is 26.3 Å². The largest absolute Gasteiger partial charge is 0.379 e. The molecule has 29 heavy (non-hydrogen) atoms. The molecule has 2 aromatic rings. The molecule has 1 aromatic heterocycles. The quantitative estimate of drug-likeness (QED) is 0.554. The molecule has 0 spiro atoms. The number of guanidine groups is 1. The fourth-order valence-corrected chi connectivity index (χ4v) is 3.69. The Bertz CT molecular complexity index is 775. The van der Waals surface area contributed by atoms with Gasteiger partial charge >= 0.3 is 0 Å². The number of aromatic amines is 1. The molecule has 1 aliphatic rings. The lowest BCUT2D eigenvalue weighted by molar-refractivity contribution is -0.0166. The number of hydrogen-bond donors (Lipinski definition) is 2. The van der Waals surface area contributed by atoms with Crippen LogP contribution in [-0.2, 0) is 11.3 Å². The number of aliphatic imine (C=N–C) groups is 1. The summed E-state index contributed by atoms with van der Waals surface area (Å²) in [6.07, 6.45) is 1.89. The van der Waals surface area contributed by atoms with Gasteiger partial charge < -0.3 is 19.9 Å². The lowest BCUT2D eigenvalue weighted by Gasteiger charge is -2.37. The zero-order valence-electron chi connectivity index (χ0n) is 18.1. The second kappa shape index (κ2) is 10.4. The van der Waals surface area contributed by atoms with Crippen LogP contribution in [0.2, 0.25) is 0 Å². The highest BCUT2D eigenvalue weighted by Crippen LogP contribution is 2.16. The van der Waals surface area contributed by atoms with Gasteiger partial charge in [-0.1, -0.05) is 30.3 Å². The molecule has 0 aliphatic carbocycles. The minimum atomic E-state index is 0.379. The first-order valence-corrected chi connectivity index (χ1v) is 10.5. The number of aromatic nitrogens is 2. The fourth-order valence-electron chi connectivity index (χ4n) is 3.69. The third-order valence-corrected chi connectivity index (χ3v) is 5.29. The molecule has 2 heterocycles. The van der Waals surface area contributed by atoms with Gasteiger partial charge in [0.2, 0.25) is 0 Å². The van der Waals surface area contributed by atoms with Gasteiger partial charge in [-0.2, -0.15) is 0 Å². The van der Waals surface area contributed by atoms with E-state index in [2.05, 4.69) is 58.0 Å². The molecule has 1 aromatic carbocycles. The summed E-state index contributed by atoms with van der Waals surface area (Å²) in [7, 11) is 2.05. The van der Waals surface area contributed by atoms with Gasteiger partial charge in [-0.25, -0.2) is 4.98 Å². The second-order valence-electron chi connectivity index (χ2n) is 7.67. The molecule has 0 bridgehead atoms. The number of benzene rings is 1. The van der Waals surface area contributed by atoms with Crippen molar-refractivity contribution in [2.75, 3.05) is 39.9 Å². The van der Waals surface area contributed by atoms with E-state index in [1.807, 2.05) is 31.4 Å². The number of nitrogens with one attached hydrogen (secondary N) is 2. The molecule has 7 heteroatoms. The maximum absolute atomic E-state index is 5.56. The second-order valence-corrected chi connectivity index (χ2v) is 7.67. The minimum Gasteiger partial charge on any atom is -0.379 e. The van der Waals surface area contributed by atoms with Gasteiger partial charge in [0.15, 0.2) is 5.96 Å². The Hall–Kier alpha value is -2.38. The highest BCUT2D eigenvalue weighted by Gasteiger charge is 2.23. The Morgan fingerprint density at radius 2 is 2.21 bits per heavy atom. The average Bonchev–Trinajstić information content (AvgIpc) is 3.20. The van der Waals surface area contributed by atoms with Crippen molar-refractivity contribution in [1.82, 2.24) is 25.1 Å². The predicted molar refractivity (Wildman–Crippen MR) is 118 cm³/mol. The lowest BCUT2D eigenvalue weighted by Crippen LogP contribution is -2.49. The van der Waals surface area contributed by atoms with Crippen molar-refractivity contribution in [2.24, 2.45) is 4.99 Å². The van der Waals surface area contributed by atoms with E-state index < -0.39 is 0 Å². The van der Waals surface area contributed by atoms with Crippen molar-refractivity contribution in [3.8, 4) is 11.3 Å². The molecule has 1 fully saturated rings. The fraction of sp³-hybridized carbons (Fsp3) is 0.545. The SMILES string of the molecule is CCNC(=NCC(C)N1CCOCC1C)N(C)Cc1ncc(-c2ccccc2)[nH]1. The Balaban J connectivity index is 1.62. The van der Waals surface area contributed by atoms with E-state index in [0.717, 1.165) is 55.9 Å². The molecule has 7 nitrogen and oxygen atoms in total. The first kappa shape index (κ1) is 21.3. The third-order valence-electron chi connectivity index (χ3n) is 5.29. The van der Waals surface area contributed by atoms with E-state index in [4.69, 9.17) is 9.73 Å². The number of hydrogen-bond acceptors (Lipinski definition) is 4. The van der Waals surface area contributed by atoms with Crippen LogP contribution in [0, 0.1) is 0 Å². The topological polar surface area (TPSA) is 68.8 Å². The normalized spacial score (nSPS) is 19.2. The van der Waals surface area contributed by atoms with Crippen molar-refractivity contribution in [3.05, 3.63) is 42.4 Å². The molecule has 2 unspecified atom stereocenters. The van der Waals surface area contributed by atoms with Crippen LogP contribution in [-0.4, -0.2) is 77.7 Å². The summed E-state index contributed by atoms with van der Waals surface area (Å²) >= 11 is 0. The average molecular weight is 399 g/mol. The number of morpholine rings is 1. The first-order valence-electron chi connectivity index (χ1n) is 10.5. The van der Waals surface area contributed by atoms with Crippen molar-refractivity contribution in [3.63, 3.8) is 0 Å². The number of imidazole rings is 1. The Morgan fingerprint density at radius 3 is 2.93 bits per heavy atom. The van der Waals surface area contributed by atoms with Crippen molar-refractivity contribution in [2.45, 2.75) is 39.4 Å². The number of H-pyrrole nitrogens is 1. The summed E-state index contributed by atoms with van der Waals surface area (Å²) in [5.74, 6) is 1.82. The van der Waals surface area contributed by atoms with Crippen LogP contribution in [0.4, 0.5) is 0 Å². The van der Waals surface area contributed by atoms with Crippen LogP contribution < -0.4 is 5.32 Å². The molecule has 1 aliphatic heterocycles. The van der Waals surface area contributed by atoms with Crippen LogP contribution in [0.15, 0.2) is 41.5 Å². The van der Waals surface area contributed by atoms with Gasteiger partial charge in [0.25, 0.3) is 0 Å². The van der Waals surface area contributed by atoms with E-state index in [1.165, 1.54) is 0 Å². The maximum atomic E-state index is 5.56. The van der Waals surface area contributed by atoms with Crippen LogP contribution in [0.5, 0.6) is 0 Å². The molecule has 0 saturated carbocycles. The number of nitrogens with zero attached hydrogens (tertiary/aromatic N) is 4. The van der Waals surface area contributed by atoms with E-state index in [9.17, 15) is 0 Å². The Labute approximate surface area is 174 Å². The minimum absolute atomic E-state index is 0.379. The Morgan fingerprint density at radius 1 is 1.41 bits per heavy atom. The van der Waals surface area contributed by atoms with Gasteiger partial charge in [0.05, 0.1) is 38.2 Å². The monoisotopic (exact) mass is 398 g/mol. The van der Waals surface area contributed by atoms with E-state index in [-0.39, 0.29) is 0 Å². The van der Waals surface area contributed by atoms with Crippen molar-refractivity contribution < 1.29 is 4.74 Å². The molecule has 3 rings (SSSR count). The highest BCUT2D eigenvalue weighted by molar-refractivity contribution is 5.79. The number of ether oxygens (including phenoxy) is 1. The lowest BCUT2D eigenvalue weighted by atomic mass is 10.2. The molecular formula is C22H34N6O. The van der Waals surface area contributed by atoms with Crippen molar-refractivity contribution >= 4 is 5.96 Å². The summed E-state index contributed by atoms with van der Waals surface area (Å²) in [5.41, 5.74) is 2.17. The molecule has 2 N–H and O–H groups in total. The number of rotatable bonds is 7. The van der Waals surface area contributed by atoms with Crippen LogP contribution in [0.3, 0.4) is 0 Å². The van der Waals surface area contributed by atoms with Crippen LogP contribution in [0.25, 0.3) is 11.3 Å².